The second-order valence-electron chi connectivity index (χ2n) is 5.97. The van der Waals surface area contributed by atoms with Crippen molar-refractivity contribution >= 4 is 35.0 Å². The summed E-state index contributed by atoms with van der Waals surface area (Å²) in [7, 11) is 0. The van der Waals surface area contributed by atoms with Crippen molar-refractivity contribution in [1.82, 2.24) is 19.5 Å². The second-order valence-corrected chi connectivity index (χ2v) is 5.97. The zero-order valence-corrected chi connectivity index (χ0v) is 15.9. The third-order valence-corrected chi connectivity index (χ3v) is 3.89. The first kappa shape index (κ1) is 20.0. The molecule has 0 aromatic carbocycles. The van der Waals surface area contributed by atoms with Gasteiger partial charge in [-0.25, -0.2) is 19.7 Å². The van der Waals surface area contributed by atoms with Crippen molar-refractivity contribution < 1.29 is 33.3 Å². The highest BCUT2D eigenvalue weighted by molar-refractivity contribution is 5.93. The largest absolute Gasteiger partial charge is 0.467 e. The van der Waals surface area contributed by atoms with Gasteiger partial charge in [0.1, 0.15) is 18.4 Å². The number of ether oxygens (including phenoxy) is 4. The lowest BCUT2D eigenvalue weighted by atomic mass is 10.2. The van der Waals surface area contributed by atoms with Crippen LogP contribution in [0, 0.1) is 0 Å². The zero-order valence-electron chi connectivity index (χ0n) is 15.9. The molecule has 1 aliphatic heterocycles. The van der Waals surface area contributed by atoms with Gasteiger partial charge in [0.15, 0.2) is 17.0 Å². The number of amides is 1. The normalized spacial score (nSPS) is 20.8. The molecule has 3 heterocycles. The van der Waals surface area contributed by atoms with Crippen LogP contribution in [0.25, 0.3) is 11.2 Å². The van der Waals surface area contributed by atoms with E-state index in [0.29, 0.717) is 0 Å². The Bertz CT molecular complexity index is 972. The quantitative estimate of drug-likeness (QED) is 0.571. The van der Waals surface area contributed by atoms with Crippen LogP contribution in [0.2, 0.25) is 0 Å². The number of carbonyl (C=O) groups is 3. The summed E-state index contributed by atoms with van der Waals surface area (Å²) in [6, 6.07) is 0. The molecule has 29 heavy (non-hydrogen) atoms. The molecule has 0 aliphatic carbocycles. The van der Waals surface area contributed by atoms with E-state index in [2.05, 4.69) is 26.8 Å². The Morgan fingerprint density at radius 2 is 1.93 bits per heavy atom. The van der Waals surface area contributed by atoms with E-state index in [1.165, 1.54) is 31.1 Å². The first-order valence-electron chi connectivity index (χ1n) is 8.63. The monoisotopic (exact) mass is 405 g/mol. The summed E-state index contributed by atoms with van der Waals surface area (Å²) >= 11 is 0. The van der Waals surface area contributed by atoms with Crippen LogP contribution >= 0.6 is 0 Å². The molecule has 3 atom stereocenters. The number of esters is 2. The molecule has 2 aromatic rings. The third kappa shape index (κ3) is 4.10. The average Bonchev–Trinajstić information content (AvgIpc) is 3.18. The summed E-state index contributed by atoms with van der Waals surface area (Å²) in [5.74, 6) is -0.947. The summed E-state index contributed by atoms with van der Waals surface area (Å²) < 4.78 is 22.5. The molecule has 0 unspecified atom stereocenters. The van der Waals surface area contributed by atoms with Crippen LogP contribution in [0.4, 0.5) is 10.6 Å². The number of hydrogen-bond acceptors (Lipinski definition) is 10. The fourth-order valence-corrected chi connectivity index (χ4v) is 2.85. The van der Waals surface area contributed by atoms with Gasteiger partial charge in [-0.1, -0.05) is 6.58 Å². The smallest absolute Gasteiger partial charge is 0.412 e. The highest BCUT2D eigenvalue weighted by Crippen LogP contribution is 2.37. The number of fused-ring (bicyclic) bond motifs is 1. The highest BCUT2D eigenvalue weighted by atomic mass is 16.6. The molecule has 1 N–H and O–H groups in total. The van der Waals surface area contributed by atoms with Crippen molar-refractivity contribution in [1.29, 1.82) is 0 Å². The van der Waals surface area contributed by atoms with Crippen LogP contribution in [0.3, 0.4) is 0 Å². The number of nitrogens with zero attached hydrogens (tertiary/aromatic N) is 4. The number of rotatable bonds is 5. The van der Waals surface area contributed by atoms with E-state index in [9.17, 15) is 14.4 Å². The van der Waals surface area contributed by atoms with Crippen LogP contribution in [0.15, 0.2) is 25.0 Å². The van der Waals surface area contributed by atoms with Gasteiger partial charge < -0.3 is 18.9 Å². The van der Waals surface area contributed by atoms with E-state index in [4.69, 9.17) is 18.9 Å². The molecule has 1 saturated heterocycles. The maximum Gasteiger partial charge on any atom is 0.412 e. The highest BCUT2D eigenvalue weighted by Gasteiger charge is 2.47. The predicted octanol–water partition coefficient (Wildman–Crippen LogP) is 1.30. The first-order chi connectivity index (χ1) is 13.8. The zero-order chi connectivity index (χ0) is 21.1. The maximum absolute atomic E-state index is 11.7. The fourth-order valence-electron chi connectivity index (χ4n) is 2.85. The molecule has 2 aromatic heterocycles. The predicted molar refractivity (Wildman–Crippen MR) is 96.3 cm³/mol. The third-order valence-electron chi connectivity index (χ3n) is 3.89. The van der Waals surface area contributed by atoms with Gasteiger partial charge in [-0.05, 0) is 6.92 Å². The Morgan fingerprint density at radius 1 is 1.21 bits per heavy atom. The molecule has 3 rings (SSSR count). The average molecular weight is 405 g/mol. The van der Waals surface area contributed by atoms with Crippen LogP contribution in [0.1, 0.15) is 27.0 Å². The van der Waals surface area contributed by atoms with Crippen LogP contribution < -0.4 is 5.32 Å². The minimum Gasteiger partial charge on any atom is -0.467 e. The molecule has 0 bridgehead atoms. The number of aromatic nitrogens is 4. The minimum absolute atomic E-state index is 0.109. The van der Waals surface area contributed by atoms with Gasteiger partial charge in [0, 0.05) is 13.8 Å². The molecule has 12 nitrogen and oxygen atoms in total. The van der Waals surface area contributed by atoms with E-state index in [1.54, 1.807) is 6.92 Å². The lowest BCUT2D eigenvalue weighted by Gasteiger charge is -2.21. The Morgan fingerprint density at radius 3 is 2.59 bits per heavy atom. The molecule has 1 aliphatic rings. The first-order valence-corrected chi connectivity index (χ1v) is 8.63. The van der Waals surface area contributed by atoms with E-state index in [1.807, 2.05) is 0 Å². The molecular weight excluding hydrogens is 386 g/mol. The van der Waals surface area contributed by atoms with Crippen molar-refractivity contribution in [3.8, 4) is 0 Å². The lowest BCUT2D eigenvalue weighted by Crippen LogP contribution is -2.35. The maximum atomic E-state index is 11.7. The Labute approximate surface area is 164 Å². The molecule has 0 saturated carbocycles. The summed E-state index contributed by atoms with van der Waals surface area (Å²) in [5, 5.41) is 2.48. The van der Waals surface area contributed by atoms with Gasteiger partial charge in [-0.3, -0.25) is 19.5 Å². The molecule has 1 fully saturated rings. The Hall–Kier alpha value is -3.70. The van der Waals surface area contributed by atoms with Crippen molar-refractivity contribution in [3.63, 3.8) is 0 Å². The van der Waals surface area contributed by atoms with Gasteiger partial charge in [0.2, 0.25) is 18.4 Å². The van der Waals surface area contributed by atoms with E-state index >= 15 is 0 Å². The standard InChI is InChI=1S/C17H19N5O7/c1-5-26-17(25)21-14-11-15(19-6-18-14)22(7-20-11)16-13(29-10(4)24)12(8(2)27-16)28-9(3)23/h6-7,12-13,16H,2,5H2,1,3-4H3,(H,18,19,21,25)/t12-,13-,16-/m1/s1. The summed E-state index contributed by atoms with van der Waals surface area (Å²) in [6.07, 6.45) is -1.07. The van der Waals surface area contributed by atoms with E-state index in [-0.39, 0.29) is 29.3 Å². The number of carbonyl (C=O) groups excluding carboxylic acids is 3. The molecule has 1 amide bonds. The van der Waals surface area contributed by atoms with Gasteiger partial charge in [0.05, 0.1) is 6.61 Å². The van der Waals surface area contributed by atoms with Crippen molar-refractivity contribution in [2.45, 2.75) is 39.2 Å². The lowest BCUT2D eigenvalue weighted by molar-refractivity contribution is -0.164. The van der Waals surface area contributed by atoms with Crippen molar-refractivity contribution in [2.24, 2.45) is 0 Å². The topological polar surface area (TPSA) is 144 Å². The molecule has 0 spiro atoms. The fraction of sp³-hybridized carbons (Fsp3) is 0.412. The Balaban J connectivity index is 1.98. The van der Waals surface area contributed by atoms with Crippen LogP contribution in [-0.2, 0) is 28.5 Å². The number of anilines is 1. The van der Waals surface area contributed by atoms with E-state index in [0.717, 1.165) is 0 Å². The number of nitrogens with one attached hydrogen (secondary N) is 1. The SMILES string of the molecule is C=C1O[C@@H](n2cnc3c(NC(=O)OCC)ncnc32)[C@H](OC(C)=O)[C@@H]1OC(C)=O. The van der Waals surface area contributed by atoms with Crippen LogP contribution in [-0.4, -0.2) is 56.4 Å². The summed E-state index contributed by atoms with van der Waals surface area (Å²) in [6.45, 7) is 8.03. The Kier molecular flexibility index (Phi) is 5.61. The molecule has 154 valence electrons. The molecular formula is C17H19N5O7. The second kappa shape index (κ2) is 8.12. The van der Waals surface area contributed by atoms with E-state index < -0.39 is 36.5 Å². The molecule has 0 radical (unpaired) electrons. The van der Waals surface area contributed by atoms with Gasteiger partial charge in [-0.2, -0.15) is 0 Å². The van der Waals surface area contributed by atoms with Gasteiger partial charge in [-0.15, -0.1) is 0 Å². The summed E-state index contributed by atoms with van der Waals surface area (Å²) in [4.78, 5) is 47.1. The van der Waals surface area contributed by atoms with Crippen molar-refractivity contribution in [2.75, 3.05) is 11.9 Å². The number of imidazole rings is 1. The van der Waals surface area contributed by atoms with Crippen LogP contribution in [0.5, 0.6) is 0 Å². The van der Waals surface area contributed by atoms with Gasteiger partial charge >= 0.3 is 18.0 Å². The molecule has 12 heteroatoms. The summed E-state index contributed by atoms with van der Waals surface area (Å²) in [5.41, 5.74) is 0.539. The van der Waals surface area contributed by atoms with Gasteiger partial charge in [0.25, 0.3) is 0 Å². The van der Waals surface area contributed by atoms with Crippen molar-refractivity contribution in [3.05, 3.63) is 25.0 Å². The minimum atomic E-state index is -1.02. The number of hydrogen-bond donors (Lipinski definition) is 1.